The number of aromatic nitrogens is 16. The first-order chi connectivity index (χ1) is 64.2. The minimum absolute atomic E-state index is 0. The van der Waals surface area contributed by atoms with Crippen molar-refractivity contribution in [3.63, 3.8) is 0 Å². The predicted molar refractivity (Wildman–Crippen MR) is 500 cm³/mol. The number of anilines is 4. The zero-order chi connectivity index (χ0) is 99.2. The molecular weight excluding hydrogens is 1920 g/mol. The fourth-order valence-electron chi connectivity index (χ4n) is 14.4. The van der Waals surface area contributed by atoms with Gasteiger partial charge in [-0.15, -0.1) is 0 Å². The number of rotatable bonds is 19. The highest BCUT2D eigenvalue weighted by atomic mass is 31.2. The van der Waals surface area contributed by atoms with Crippen LogP contribution in [0.3, 0.4) is 0 Å². The van der Waals surface area contributed by atoms with E-state index in [9.17, 15) is 61.7 Å². The Kier molecular flexibility index (Phi) is 32.0. The molecule has 14 heterocycles. The number of phosphoric acid groups is 4. The first kappa shape index (κ1) is 106. The average Bonchev–Trinajstić information content (AvgIpc) is 1.56. The minimum atomic E-state index is -5.17. The number of aromatic amines is 2. The van der Waals surface area contributed by atoms with Crippen molar-refractivity contribution in [2.45, 2.75) is 238 Å². The van der Waals surface area contributed by atoms with Crippen LogP contribution in [0.1, 0.15) is 156 Å². The highest BCUT2D eigenvalue weighted by Gasteiger charge is 2.59. The Morgan fingerprint density at radius 1 is 0.507 bits per heavy atom. The number of phosphoric ester groups is 4. The molecule has 18 atom stereocenters. The van der Waals surface area contributed by atoms with E-state index in [1.165, 1.54) is 56.2 Å². The first-order valence-electron chi connectivity index (χ1n) is 43.5. The summed E-state index contributed by atoms with van der Waals surface area (Å²) >= 11 is 0. The molecule has 748 valence electrons. The fraction of sp³-hybridized carbons (Fsp3) is 0.549. The maximum Gasteiger partial charge on any atom is 0.475 e. The Bertz CT molecular complexity index is 6480. The van der Waals surface area contributed by atoms with Gasteiger partial charge in [-0.25, -0.2) is 64.7 Å². The van der Waals surface area contributed by atoms with Crippen LogP contribution in [0.4, 0.5) is 23.5 Å². The second-order valence-corrected chi connectivity index (χ2v) is 52.9. The van der Waals surface area contributed by atoms with Crippen LogP contribution in [0, 0.1) is 18.4 Å². The second kappa shape index (κ2) is 41.8. The molecule has 16 rings (SSSR count). The van der Waals surface area contributed by atoms with Gasteiger partial charge in [-0.1, -0.05) is 113 Å². The molecule has 4 bridgehead atoms. The monoisotopic (exact) mass is 2030 g/mol. The highest BCUT2D eigenvalue weighted by molar-refractivity contribution is 7.48. The number of benzene rings is 2. The topological polar surface area (TPSA) is 629 Å². The number of amides is 4. The van der Waals surface area contributed by atoms with Crippen LogP contribution in [0.5, 0.6) is 0 Å². The number of nitrogens with two attached hydrogens (primary N) is 1. The van der Waals surface area contributed by atoms with Crippen LogP contribution in [0.2, 0.25) is 36.3 Å². The molecule has 4 unspecified atom stereocenters. The number of carbonyl (C=O) groups excluding carboxylic acids is 4. The van der Waals surface area contributed by atoms with E-state index in [0.717, 1.165) is 0 Å². The number of hydrogen-bond donors (Lipinski definition) is 10. The van der Waals surface area contributed by atoms with Crippen LogP contribution >= 0.6 is 31.3 Å². The summed E-state index contributed by atoms with van der Waals surface area (Å²) in [5, 5.41) is 9.72. The van der Waals surface area contributed by atoms with E-state index in [1.54, 1.807) is 88.4 Å². The van der Waals surface area contributed by atoms with Crippen LogP contribution in [0.25, 0.3) is 49.5 Å². The van der Waals surface area contributed by atoms with E-state index >= 15 is 0 Å². The van der Waals surface area contributed by atoms with Gasteiger partial charge in [0.1, 0.15) is 92.8 Å². The summed E-state index contributed by atoms with van der Waals surface area (Å²) in [4.78, 5) is 163. The van der Waals surface area contributed by atoms with Gasteiger partial charge in [0, 0.05) is 41.3 Å². The fourth-order valence-corrected chi connectivity index (χ4v) is 21.2. The van der Waals surface area contributed by atoms with Crippen molar-refractivity contribution < 1.29 is 121 Å². The molecule has 0 saturated carbocycles. The van der Waals surface area contributed by atoms with Gasteiger partial charge in [-0.2, -0.15) is 9.97 Å². The largest absolute Gasteiger partial charge is 0.475 e. The maximum atomic E-state index is 14.8. The zero-order valence-electron chi connectivity index (χ0n) is 77.8. The third-order valence-corrected chi connectivity index (χ3v) is 36.7. The van der Waals surface area contributed by atoms with Crippen LogP contribution in [-0.4, -0.2) is 239 Å². The number of carbonyl (C=O) groups is 4. The van der Waals surface area contributed by atoms with E-state index in [0.29, 0.717) is 11.1 Å². The average molecular weight is 2040 g/mol. The van der Waals surface area contributed by atoms with Crippen molar-refractivity contribution in [2.75, 3.05) is 60.8 Å². The molecule has 10 aromatic rings. The molecule has 50 nitrogen and oxygen atoms in total. The summed E-state index contributed by atoms with van der Waals surface area (Å²) in [5.74, 6) is -2.84. The molecule has 2 aromatic carbocycles. The summed E-state index contributed by atoms with van der Waals surface area (Å²) < 4.78 is 154. The van der Waals surface area contributed by atoms with Gasteiger partial charge in [0.25, 0.3) is 22.9 Å². The summed E-state index contributed by atoms with van der Waals surface area (Å²) in [6.45, 7) is 36.2. The van der Waals surface area contributed by atoms with Crippen molar-refractivity contribution in [1.29, 1.82) is 0 Å². The molecule has 56 heteroatoms. The summed E-state index contributed by atoms with van der Waals surface area (Å²) in [5.41, 5.74) is 5.07. The van der Waals surface area contributed by atoms with Crippen molar-refractivity contribution >= 4 is 140 Å². The first-order valence-corrected chi connectivity index (χ1v) is 55.3. The van der Waals surface area contributed by atoms with E-state index in [2.05, 4.69) is 85.9 Å². The lowest BCUT2D eigenvalue weighted by molar-refractivity contribution is -0.119. The van der Waals surface area contributed by atoms with Crippen LogP contribution in [0.15, 0.2) is 108 Å². The third kappa shape index (κ3) is 24.5. The minimum Gasteiger partial charge on any atom is -0.408 e. The molecule has 6 aliphatic heterocycles. The van der Waals surface area contributed by atoms with Crippen molar-refractivity contribution in [2.24, 2.45) is 17.6 Å². The molecule has 6 aliphatic rings. The Morgan fingerprint density at radius 3 is 1.25 bits per heavy atom. The summed E-state index contributed by atoms with van der Waals surface area (Å²) in [6, 6.07) is 17.0. The molecule has 4 amide bonds. The van der Waals surface area contributed by atoms with Gasteiger partial charge in [0.15, 0.2) is 85.4 Å². The van der Waals surface area contributed by atoms with Crippen molar-refractivity contribution in [3.05, 3.63) is 142 Å². The van der Waals surface area contributed by atoms with Crippen molar-refractivity contribution in [3.8, 4) is 0 Å². The Balaban J connectivity index is 0.000000221. The molecule has 11 N–H and O–H groups in total. The van der Waals surface area contributed by atoms with Gasteiger partial charge in [0.05, 0.1) is 51.7 Å². The molecule has 138 heavy (non-hydrogen) atoms. The second-order valence-electron chi connectivity index (χ2n) is 37.6. The Morgan fingerprint density at radius 2 is 0.870 bits per heavy atom. The summed E-state index contributed by atoms with van der Waals surface area (Å²) in [7, 11) is -25.7. The Labute approximate surface area is 792 Å². The lowest BCUT2D eigenvalue weighted by Gasteiger charge is -2.40. The number of H-pyrrole nitrogens is 2. The molecule has 6 fully saturated rings. The summed E-state index contributed by atoms with van der Waals surface area (Å²) in [6.07, 6.45) is -10.6. The van der Waals surface area contributed by atoms with Gasteiger partial charge >= 0.3 is 31.3 Å². The number of fused-ring (bicyclic) bond motifs is 10. The smallest absolute Gasteiger partial charge is 0.408 e. The molecule has 0 radical (unpaired) electrons. The van der Waals surface area contributed by atoms with Gasteiger partial charge < -0.3 is 63.7 Å². The van der Waals surface area contributed by atoms with E-state index < -0.39 is 217 Å². The molecule has 8 aromatic heterocycles. The van der Waals surface area contributed by atoms with Gasteiger partial charge in [-0.3, -0.25) is 108 Å². The van der Waals surface area contributed by atoms with E-state index in [4.69, 9.17) is 80.8 Å². The molecular formula is C82H114N22O28P4Si2. The SMILES string of the molecule is C.CC(C)(C)N.CC(C)C(=O)Nc1nc2c(ncn2[C@@H]2O[C@@H]3COP(=O)(O)O[C@H]4C[C@H](n5cnc6c(NC(=O)c7ccccc7)ncnc65)O[C@@H]4COP(=O)(O)O[C@@H]2[C@@H]3O[Si](C)(C)C(C)(C)C)c(=O)[nH]1.[C-]#[N+]CCOP1(=O)OC[C@H]2O[C@@H](n3cnc4c(=O)[nH]c(NC(=O)C(C)C)nc43)[C@H](OP(=O)(O)OC[C@H]3O[C@@H](n4cnc5c(NC(=O)c6ccccc6)ncnc54)C[C@@H]3O1)[C@@H]2O[Si](C)(C)C(C)(C)C. The van der Waals surface area contributed by atoms with Crippen LogP contribution < -0.4 is 38.1 Å². The molecule has 0 aliphatic carbocycles. The molecule has 0 spiro atoms. The quantitative estimate of drug-likeness (QED) is 0.0156. The van der Waals surface area contributed by atoms with Crippen LogP contribution in [-0.2, 0) is 96.4 Å². The highest BCUT2D eigenvalue weighted by Crippen LogP contribution is 2.59. The number of ether oxygens (including phenoxy) is 4. The van der Waals surface area contributed by atoms with E-state index in [1.807, 2.05) is 88.5 Å². The number of nitrogens with zero attached hydrogens (tertiary/aromatic N) is 15. The number of imidazole rings is 4. The maximum absolute atomic E-state index is 14.8. The van der Waals surface area contributed by atoms with Gasteiger partial charge in [-0.05, 0) is 81.3 Å². The Hall–Kier alpha value is -9.80. The zero-order valence-corrected chi connectivity index (χ0v) is 83.3. The van der Waals surface area contributed by atoms with Crippen molar-refractivity contribution in [1.82, 2.24) is 78.1 Å². The third-order valence-electron chi connectivity index (χ3n) is 23.3. The standard InChI is InChI=1S/C40H51N11O14P2Si.C37H48N10O14P2Si.C4H11N.CH4/c1-22(2)35(52)48-39-47-34-29(37(54)49-39)45-21-51(34)38-31-30(65-68(7,8)40(3,4)5)26(62-38)18-60-67(57,58-15-14-41-6)63-24-16-27(61-25(24)17-59-66(55,56)64-31)50-20-44-28-32(42-19-43-33(28)50)46-36(53)23-12-10-9-11-13-23;1-19(2)32(48)44-36-43-31-26(34(50)45-36)41-18-47(31)35-28-27(61-64(6,7)37(3,4)5)23(58-35)15-56-62(51,52)59-21-13-24(57-22(21)14-55-63(53,54)60-28)46-17-40-25-29(38-16-39-30(25)46)42-33(49)20-11-9-8-10-12-20;1-4(2,3)5;/h9-13,19-22,24-27,30-31,38H,14-18H2,1-5,7-8H3,(H,55,56)(H,42,43,46,53)(H2,47,48,49,52,54);8-12,16-19,21-24,27-28,35H,13-15H2,1-7H3,(H,51,52)(H,53,54)(H,38,39,42,49)(H2,43,44,45,48,50);5H2,1-3H3;1H4/t24-,25+,26+,27+,30+,31+,38+,67?;21-,22+,23+,24+,27+,28+,35+;;/m00../s1. The molecule has 6 saturated heterocycles. The van der Waals surface area contributed by atoms with E-state index in [-0.39, 0.29) is 107 Å². The lowest BCUT2D eigenvalue weighted by Crippen LogP contribution is -2.50. The number of nitrogens with one attached hydrogen (secondary N) is 6. The lowest BCUT2D eigenvalue weighted by atomic mass is 10.1. The number of hydrogen-bond acceptors (Lipinski definition) is 36. The normalized spacial score (nSPS) is 27.8. The van der Waals surface area contributed by atoms with Gasteiger partial charge in [0.2, 0.25) is 30.3 Å². The predicted octanol–water partition coefficient (Wildman–Crippen LogP) is 11.1.